The first-order valence-corrected chi connectivity index (χ1v) is 7.51. The van der Waals surface area contributed by atoms with Gasteiger partial charge in [0.15, 0.2) is 0 Å². The molecule has 0 fully saturated rings. The maximum Gasteiger partial charge on any atom is 0.126 e. The Hall–Kier alpha value is -1.19. The minimum absolute atomic E-state index is 0.133. The fourth-order valence-electron chi connectivity index (χ4n) is 2.28. The highest BCUT2D eigenvalue weighted by molar-refractivity contribution is 7.15. The molecule has 1 aromatic carbocycles. The molecule has 0 aliphatic carbocycles. The van der Waals surface area contributed by atoms with Crippen LogP contribution in [-0.4, -0.2) is 7.05 Å². The Bertz CT molecular complexity index is 547. The zero-order valence-corrected chi connectivity index (χ0v) is 12.5. The van der Waals surface area contributed by atoms with Crippen molar-refractivity contribution < 1.29 is 4.39 Å². The molecule has 0 saturated carbocycles. The summed E-state index contributed by atoms with van der Waals surface area (Å²) in [6.07, 6.45) is 2.27. The summed E-state index contributed by atoms with van der Waals surface area (Å²) >= 11 is 1.75. The van der Waals surface area contributed by atoms with Crippen molar-refractivity contribution in [2.75, 3.05) is 7.05 Å². The van der Waals surface area contributed by atoms with Gasteiger partial charge in [-0.3, -0.25) is 0 Å². The minimum atomic E-state index is -0.133. The summed E-state index contributed by atoms with van der Waals surface area (Å²) in [5.74, 6) is -0.133. The SMILES string of the molecule is CCCC(NC)c1ccc(-c2cccc(F)c2C)s1. The highest BCUT2D eigenvalue weighted by Crippen LogP contribution is 2.34. The predicted molar refractivity (Wildman–Crippen MR) is 81.2 cm³/mol. The number of halogens is 1. The number of benzene rings is 1. The molecule has 1 atom stereocenters. The Morgan fingerprint density at radius 2 is 2.05 bits per heavy atom. The van der Waals surface area contributed by atoms with Gasteiger partial charge in [-0.05, 0) is 49.7 Å². The molecule has 2 aromatic rings. The van der Waals surface area contributed by atoms with E-state index in [0.29, 0.717) is 6.04 Å². The van der Waals surface area contributed by atoms with Crippen molar-refractivity contribution in [3.63, 3.8) is 0 Å². The van der Waals surface area contributed by atoms with Gasteiger partial charge >= 0.3 is 0 Å². The van der Waals surface area contributed by atoms with E-state index in [1.807, 2.05) is 20.0 Å². The lowest BCUT2D eigenvalue weighted by molar-refractivity contribution is 0.550. The molecule has 0 bridgehead atoms. The third kappa shape index (κ3) is 3.04. The molecular formula is C16H20FNS. The van der Waals surface area contributed by atoms with E-state index in [9.17, 15) is 4.39 Å². The van der Waals surface area contributed by atoms with Crippen LogP contribution in [0, 0.1) is 12.7 Å². The van der Waals surface area contributed by atoms with Crippen LogP contribution in [0.2, 0.25) is 0 Å². The van der Waals surface area contributed by atoms with Gasteiger partial charge in [-0.25, -0.2) is 4.39 Å². The summed E-state index contributed by atoms with van der Waals surface area (Å²) in [4.78, 5) is 2.46. The summed E-state index contributed by atoms with van der Waals surface area (Å²) in [5, 5.41) is 3.35. The van der Waals surface area contributed by atoms with E-state index in [1.165, 1.54) is 10.9 Å². The van der Waals surface area contributed by atoms with Gasteiger partial charge < -0.3 is 5.32 Å². The molecule has 0 aliphatic rings. The van der Waals surface area contributed by atoms with E-state index >= 15 is 0 Å². The lowest BCUT2D eigenvalue weighted by Crippen LogP contribution is -2.14. The Morgan fingerprint density at radius 3 is 2.74 bits per heavy atom. The molecule has 19 heavy (non-hydrogen) atoms. The molecule has 102 valence electrons. The van der Waals surface area contributed by atoms with E-state index in [4.69, 9.17) is 0 Å². The quantitative estimate of drug-likeness (QED) is 0.817. The highest BCUT2D eigenvalue weighted by atomic mass is 32.1. The van der Waals surface area contributed by atoms with Crippen LogP contribution >= 0.6 is 11.3 Å². The van der Waals surface area contributed by atoms with Crippen LogP contribution in [0.4, 0.5) is 4.39 Å². The Balaban J connectivity index is 2.32. The first-order valence-electron chi connectivity index (χ1n) is 6.69. The van der Waals surface area contributed by atoms with Gasteiger partial charge in [0, 0.05) is 15.8 Å². The number of nitrogens with one attached hydrogen (secondary N) is 1. The molecular weight excluding hydrogens is 257 g/mol. The van der Waals surface area contributed by atoms with Crippen LogP contribution in [-0.2, 0) is 0 Å². The average molecular weight is 277 g/mol. The summed E-state index contributed by atoms with van der Waals surface area (Å²) in [6, 6.07) is 9.93. The maximum atomic E-state index is 13.6. The number of rotatable bonds is 5. The molecule has 1 N–H and O–H groups in total. The van der Waals surface area contributed by atoms with Crippen molar-refractivity contribution in [3.05, 3.63) is 46.6 Å². The molecule has 1 nitrogen and oxygen atoms in total. The average Bonchev–Trinajstić information content (AvgIpc) is 2.88. The molecule has 1 unspecified atom stereocenters. The van der Waals surface area contributed by atoms with Gasteiger partial charge in [-0.2, -0.15) is 0 Å². The molecule has 0 amide bonds. The monoisotopic (exact) mass is 277 g/mol. The summed E-state index contributed by atoms with van der Waals surface area (Å²) in [5.41, 5.74) is 1.73. The molecule has 1 heterocycles. The van der Waals surface area contributed by atoms with E-state index < -0.39 is 0 Å². The Morgan fingerprint density at radius 1 is 1.26 bits per heavy atom. The lowest BCUT2D eigenvalue weighted by atomic mass is 10.1. The molecule has 0 saturated heterocycles. The van der Waals surface area contributed by atoms with Crippen molar-refractivity contribution in [3.8, 4) is 10.4 Å². The second kappa shape index (κ2) is 6.31. The fourth-order valence-corrected chi connectivity index (χ4v) is 3.51. The second-order valence-corrected chi connectivity index (χ2v) is 5.86. The van der Waals surface area contributed by atoms with Gasteiger partial charge in [0.2, 0.25) is 0 Å². The molecule has 3 heteroatoms. The van der Waals surface area contributed by atoms with E-state index in [2.05, 4.69) is 24.4 Å². The first-order chi connectivity index (χ1) is 9.17. The molecule has 1 aromatic heterocycles. The first kappa shape index (κ1) is 14.2. The predicted octanol–water partition coefficient (Wildman–Crippen LogP) is 4.92. The Labute approximate surface area is 118 Å². The van der Waals surface area contributed by atoms with Gasteiger partial charge in [-0.15, -0.1) is 11.3 Å². The summed E-state index contributed by atoms with van der Waals surface area (Å²) < 4.78 is 13.6. The van der Waals surface area contributed by atoms with Gasteiger partial charge in [0.05, 0.1) is 0 Å². The highest BCUT2D eigenvalue weighted by Gasteiger charge is 2.13. The zero-order valence-electron chi connectivity index (χ0n) is 11.7. The number of thiophene rings is 1. The molecule has 0 aliphatic heterocycles. The standard InChI is InChI=1S/C16H20FNS/c1-4-6-14(18-3)16-10-9-15(19-16)12-7-5-8-13(17)11(12)2/h5,7-10,14,18H,4,6H2,1-3H3. The molecule has 2 rings (SSSR count). The topological polar surface area (TPSA) is 12.0 Å². The van der Waals surface area contributed by atoms with E-state index in [0.717, 1.165) is 28.8 Å². The van der Waals surface area contributed by atoms with E-state index in [-0.39, 0.29) is 5.82 Å². The lowest BCUT2D eigenvalue weighted by Gasteiger charge is -2.12. The van der Waals surface area contributed by atoms with Crippen LogP contribution < -0.4 is 5.32 Å². The number of hydrogen-bond acceptors (Lipinski definition) is 2. The van der Waals surface area contributed by atoms with Gasteiger partial charge in [-0.1, -0.05) is 25.5 Å². The van der Waals surface area contributed by atoms with Crippen molar-refractivity contribution >= 4 is 11.3 Å². The van der Waals surface area contributed by atoms with Crippen LogP contribution in [0.1, 0.15) is 36.2 Å². The maximum absolute atomic E-state index is 13.6. The van der Waals surface area contributed by atoms with Crippen LogP contribution in [0.15, 0.2) is 30.3 Å². The van der Waals surface area contributed by atoms with Crippen LogP contribution in [0.5, 0.6) is 0 Å². The van der Waals surface area contributed by atoms with Crippen molar-refractivity contribution in [2.24, 2.45) is 0 Å². The minimum Gasteiger partial charge on any atom is -0.312 e. The van der Waals surface area contributed by atoms with Crippen molar-refractivity contribution in [1.82, 2.24) is 5.32 Å². The van der Waals surface area contributed by atoms with Crippen LogP contribution in [0.3, 0.4) is 0 Å². The fraction of sp³-hybridized carbons (Fsp3) is 0.375. The Kier molecular flexibility index (Phi) is 4.72. The molecule has 0 radical (unpaired) electrons. The second-order valence-electron chi connectivity index (χ2n) is 4.74. The zero-order chi connectivity index (χ0) is 13.8. The summed E-state index contributed by atoms with van der Waals surface area (Å²) in [7, 11) is 1.99. The smallest absolute Gasteiger partial charge is 0.126 e. The largest absolute Gasteiger partial charge is 0.312 e. The van der Waals surface area contributed by atoms with Gasteiger partial charge in [0.1, 0.15) is 5.82 Å². The van der Waals surface area contributed by atoms with Gasteiger partial charge in [0.25, 0.3) is 0 Å². The third-order valence-corrected chi connectivity index (χ3v) is 4.66. The summed E-state index contributed by atoms with van der Waals surface area (Å²) in [6.45, 7) is 4.03. The van der Waals surface area contributed by atoms with Crippen LogP contribution in [0.25, 0.3) is 10.4 Å². The number of hydrogen-bond donors (Lipinski definition) is 1. The van der Waals surface area contributed by atoms with E-state index in [1.54, 1.807) is 17.4 Å². The normalized spacial score (nSPS) is 12.6. The van der Waals surface area contributed by atoms with Crippen molar-refractivity contribution in [2.45, 2.75) is 32.7 Å². The van der Waals surface area contributed by atoms with Crippen molar-refractivity contribution in [1.29, 1.82) is 0 Å². The third-order valence-electron chi connectivity index (χ3n) is 3.43. The molecule has 0 spiro atoms.